The van der Waals surface area contributed by atoms with Crippen LogP contribution in [0.2, 0.25) is 0 Å². The molecule has 0 saturated heterocycles. The maximum atomic E-state index is 13.7. The molecule has 1 aromatic heterocycles. The fraction of sp³-hybridized carbons (Fsp3) is 0.0952. The van der Waals surface area contributed by atoms with E-state index in [0.717, 1.165) is 17.7 Å². The summed E-state index contributed by atoms with van der Waals surface area (Å²) in [6.45, 7) is 0.215. The minimum Gasteiger partial charge on any atom is -0.496 e. The number of hydrogen-bond acceptors (Lipinski definition) is 4. The SMILES string of the molecule is COc1ccccc1CNC(=O)c1ccnc(C(=O)Nc2c(F)cccc2F)c1. The lowest BCUT2D eigenvalue weighted by Gasteiger charge is -2.10. The third kappa shape index (κ3) is 4.73. The van der Waals surface area contributed by atoms with E-state index in [2.05, 4.69) is 15.6 Å². The molecule has 0 aliphatic heterocycles. The van der Waals surface area contributed by atoms with Crippen LogP contribution in [0.4, 0.5) is 14.5 Å². The lowest BCUT2D eigenvalue weighted by atomic mass is 10.1. The summed E-state index contributed by atoms with van der Waals surface area (Å²) in [5.41, 5.74) is 0.224. The molecule has 3 aromatic rings. The van der Waals surface area contributed by atoms with E-state index in [1.165, 1.54) is 31.5 Å². The minimum atomic E-state index is -0.913. The summed E-state index contributed by atoms with van der Waals surface area (Å²) >= 11 is 0. The van der Waals surface area contributed by atoms with E-state index in [1.54, 1.807) is 6.07 Å². The normalized spacial score (nSPS) is 10.3. The summed E-state index contributed by atoms with van der Waals surface area (Å²) in [7, 11) is 1.53. The van der Waals surface area contributed by atoms with Crippen LogP contribution in [0.25, 0.3) is 0 Å². The van der Waals surface area contributed by atoms with Crippen LogP contribution < -0.4 is 15.4 Å². The first-order chi connectivity index (χ1) is 14.0. The Bertz CT molecular complexity index is 1040. The molecule has 2 N–H and O–H groups in total. The summed E-state index contributed by atoms with van der Waals surface area (Å²) in [4.78, 5) is 28.6. The maximum absolute atomic E-state index is 13.7. The Balaban J connectivity index is 1.71. The van der Waals surface area contributed by atoms with E-state index in [1.807, 2.05) is 18.2 Å². The van der Waals surface area contributed by atoms with Gasteiger partial charge in [0.15, 0.2) is 0 Å². The quantitative estimate of drug-likeness (QED) is 0.667. The second kappa shape index (κ2) is 8.92. The Hall–Kier alpha value is -3.81. The predicted octanol–water partition coefficient (Wildman–Crippen LogP) is 3.55. The predicted molar refractivity (Wildman–Crippen MR) is 103 cm³/mol. The van der Waals surface area contributed by atoms with Gasteiger partial charge in [0.25, 0.3) is 11.8 Å². The number of aromatic nitrogens is 1. The zero-order valence-electron chi connectivity index (χ0n) is 15.4. The first-order valence-corrected chi connectivity index (χ1v) is 8.61. The van der Waals surface area contributed by atoms with Crippen molar-refractivity contribution in [3.63, 3.8) is 0 Å². The fourth-order valence-electron chi connectivity index (χ4n) is 2.62. The number of para-hydroxylation sites is 2. The molecule has 0 bridgehead atoms. The number of carbonyl (C=O) groups excluding carboxylic acids is 2. The van der Waals surface area contributed by atoms with Gasteiger partial charge in [0.05, 0.1) is 7.11 Å². The number of rotatable bonds is 6. The first-order valence-electron chi connectivity index (χ1n) is 8.61. The summed E-state index contributed by atoms with van der Waals surface area (Å²) in [6, 6.07) is 13.1. The second-order valence-electron chi connectivity index (χ2n) is 5.98. The molecule has 6 nitrogen and oxygen atoms in total. The Kier molecular flexibility index (Phi) is 6.13. The van der Waals surface area contributed by atoms with E-state index < -0.39 is 29.1 Å². The van der Waals surface area contributed by atoms with Crippen molar-refractivity contribution in [3.05, 3.63) is 89.2 Å². The van der Waals surface area contributed by atoms with Crippen molar-refractivity contribution in [1.29, 1.82) is 0 Å². The van der Waals surface area contributed by atoms with Gasteiger partial charge in [0.2, 0.25) is 0 Å². The van der Waals surface area contributed by atoms with Crippen molar-refractivity contribution in [2.45, 2.75) is 6.54 Å². The summed E-state index contributed by atoms with van der Waals surface area (Å²) in [5, 5.41) is 4.86. The van der Waals surface area contributed by atoms with Crippen LogP contribution in [0.5, 0.6) is 5.75 Å². The molecule has 0 aliphatic carbocycles. The van der Waals surface area contributed by atoms with Crippen LogP contribution in [0, 0.1) is 11.6 Å². The average Bonchev–Trinajstić information content (AvgIpc) is 2.74. The monoisotopic (exact) mass is 397 g/mol. The highest BCUT2D eigenvalue weighted by molar-refractivity contribution is 6.04. The molecule has 29 heavy (non-hydrogen) atoms. The molecule has 2 aromatic carbocycles. The number of ether oxygens (including phenoxy) is 1. The zero-order chi connectivity index (χ0) is 20.8. The van der Waals surface area contributed by atoms with Crippen molar-refractivity contribution < 1.29 is 23.1 Å². The minimum absolute atomic E-state index is 0.155. The number of benzene rings is 2. The molecule has 1 heterocycles. The number of pyridine rings is 1. The lowest BCUT2D eigenvalue weighted by molar-refractivity contribution is 0.0950. The highest BCUT2D eigenvalue weighted by Crippen LogP contribution is 2.19. The van der Waals surface area contributed by atoms with Gasteiger partial charge in [0, 0.05) is 23.9 Å². The Morgan fingerprint density at radius 3 is 2.45 bits per heavy atom. The van der Waals surface area contributed by atoms with E-state index in [9.17, 15) is 18.4 Å². The van der Waals surface area contributed by atoms with Gasteiger partial charge in [0.1, 0.15) is 28.8 Å². The van der Waals surface area contributed by atoms with Gasteiger partial charge in [-0.05, 0) is 30.3 Å². The second-order valence-corrected chi connectivity index (χ2v) is 5.98. The average molecular weight is 397 g/mol. The fourth-order valence-corrected chi connectivity index (χ4v) is 2.62. The van der Waals surface area contributed by atoms with Crippen molar-refractivity contribution in [3.8, 4) is 5.75 Å². The Morgan fingerprint density at radius 2 is 1.72 bits per heavy atom. The highest BCUT2D eigenvalue weighted by Gasteiger charge is 2.16. The summed E-state index contributed by atoms with van der Waals surface area (Å²) in [5.74, 6) is -2.47. The van der Waals surface area contributed by atoms with Gasteiger partial charge in [-0.3, -0.25) is 14.6 Å². The molecule has 3 rings (SSSR count). The van der Waals surface area contributed by atoms with Gasteiger partial charge < -0.3 is 15.4 Å². The molecular formula is C21H17F2N3O3. The maximum Gasteiger partial charge on any atom is 0.274 e. The summed E-state index contributed by atoms with van der Waals surface area (Å²) < 4.78 is 32.7. The molecule has 0 unspecified atom stereocenters. The van der Waals surface area contributed by atoms with Crippen molar-refractivity contribution in [2.75, 3.05) is 12.4 Å². The Morgan fingerprint density at radius 1 is 1.00 bits per heavy atom. The zero-order valence-corrected chi connectivity index (χ0v) is 15.4. The molecule has 0 aliphatic rings. The third-order valence-corrected chi connectivity index (χ3v) is 4.09. The molecular weight excluding hydrogens is 380 g/mol. The number of nitrogens with one attached hydrogen (secondary N) is 2. The number of anilines is 1. The number of halogens is 2. The summed E-state index contributed by atoms with van der Waals surface area (Å²) in [6.07, 6.45) is 1.27. The van der Waals surface area contributed by atoms with Crippen LogP contribution in [-0.2, 0) is 6.54 Å². The van der Waals surface area contributed by atoms with Crippen LogP contribution >= 0.6 is 0 Å². The molecule has 0 spiro atoms. The lowest BCUT2D eigenvalue weighted by Crippen LogP contribution is -2.24. The number of nitrogens with zero attached hydrogens (tertiary/aromatic N) is 1. The van der Waals surface area contributed by atoms with E-state index in [4.69, 9.17) is 4.74 Å². The van der Waals surface area contributed by atoms with Gasteiger partial charge in [-0.25, -0.2) is 8.78 Å². The molecule has 0 atom stereocenters. The smallest absolute Gasteiger partial charge is 0.274 e. The highest BCUT2D eigenvalue weighted by atomic mass is 19.1. The van der Waals surface area contributed by atoms with Crippen LogP contribution in [0.1, 0.15) is 26.4 Å². The largest absolute Gasteiger partial charge is 0.496 e. The standard InChI is InChI=1S/C21H17F2N3O3/c1-29-18-8-3-2-5-14(18)12-25-20(27)13-9-10-24-17(11-13)21(28)26-19-15(22)6-4-7-16(19)23/h2-11H,12H2,1H3,(H,25,27)(H,26,28). The van der Waals surface area contributed by atoms with Gasteiger partial charge in [-0.1, -0.05) is 24.3 Å². The molecule has 0 saturated carbocycles. The Labute approximate surface area is 165 Å². The van der Waals surface area contributed by atoms with Gasteiger partial charge >= 0.3 is 0 Å². The molecule has 0 radical (unpaired) electrons. The van der Waals surface area contributed by atoms with Crippen molar-refractivity contribution in [1.82, 2.24) is 10.3 Å². The van der Waals surface area contributed by atoms with Crippen LogP contribution in [0.15, 0.2) is 60.8 Å². The first kappa shape index (κ1) is 19.9. The van der Waals surface area contributed by atoms with Gasteiger partial charge in [-0.15, -0.1) is 0 Å². The topological polar surface area (TPSA) is 80.3 Å². The van der Waals surface area contributed by atoms with Crippen LogP contribution in [-0.4, -0.2) is 23.9 Å². The third-order valence-electron chi connectivity index (χ3n) is 4.09. The number of hydrogen-bond donors (Lipinski definition) is 2. The molecule has 8 heteroatoms. The molecule has 0 fully saturated rings. The molecule has 2 amide bonds. The number of carbonyl (C=O) groups is 2. The van der Waals surface area contributed by atoms with E-state index in [0.29, 0.717) is 5.75 Å². The van der Waals surface area contributed by atoms with Crippen LogP contribution in [0.3, 0.4) is 0 Å². The number of amides is 2. The van der Waals surface area contributed by atoms with E-state index >= 15 is 0 Å². The molecule has 148 valence electrons. The van der Waals surface area contributed by atoms with Crippen molar-refractivity contribution in [2.24, 2.45) is 0 Å². The van der Waals surface area contributed by atoms with Crippen molar-refractivity contribution >= 4 is 17.5 Å². The van der Waals surface area contributed by atoms with E-state index in [-0.39, 0.29) is 17.8 Å². The van der Waals surface area contributed by atoms with Gasteiger partial charge in [-0.2, -0.15) is 0 Å². The number of methoxy groups -OCH3 is 1.